The maximum atomic E-state index is 14.1. The number of benzene rings is 1. The van der Waals surface area contributed by atoms with Gasteiger partial charge in [0.2, 0.25) is 17.7 Å². The summed E-state index contributed by atoms with van der Waals surface area (Å²) in [4.78, 5) is 43.9. The molecule has 3 unspecified atom stereocenters. The number of likely N-dealkylation sites (tertiary alicyclic amines) is 1. The topological polar surface area (TPSA) is 57.7 Å². The number of nitrogens with zero attached hydrogens (tertiary/aromatic N) is 2. The quantitative estimate of drug-likeness (QED) is 0.360. The minimum Gasteiger partial charge on any atom is -0.339 e. The molecule has 2 aliphatic rings. The van der Waals surface area contributed by atoms with E-state index in [4.69, 9.17) is 0 Å². The molecule has 0 N–H and O–H groups in total. The lowest BCUT2D eigenvalue weighted by atomic mass is 9.59. The average molecular weight is 497 g/mol. The zero-order valence-corrected chi connectivity index (χ0v) is 24.1. The zero-order chi connectivity index (χ0) is 27.1. The fourth-order valence-corrected chi connectivity index (χ4v) is 6.71. The van der Waals surface area contributed by atoms with Crippen molar-refractivity contribution in [2.75, 3.05) is 11.4 Å². The summed E-state index contributed by atoms with van der Waals surface area (Å²) in [7, 11) is 0. The monoisotopic (exact) mass is 496 g/mol. The lowest BCUT2D eigenvalue weighted by molar-refractivity contribution is -0.134. The minimum absolute atomic E-state index is 0.0684. The number of amides is 3. The maximum Gasteiger partial charge on any atom is 0.238 e. The molecule has 3 atom stereocenters. The number of unbranched alkanes of at least 4 members (excludes halogenated alkanes) is 1. The summed E-state index contributed by atoms with van der Waals surface area (Å²) in [5.41, 5.74) is 0.916. The van der Waals surface area contributed by atoms with E-state index in [9.17, 15) is 14.4 Å². The Bertz CT molecular complexity index is 971. The van der Waals surface area contributed by atoms with Crippen LogP contribution < -0.4 is 4.90 Å². The molecule has 200 valence electrons. The van der Waals surface area contributed by atoms with Gasteiger partial charge in [0.25, 0.3) is 0 Å². The van der Waals surface area contributed by atoms with Crippen LogP contribution in [0.1, 0.15) is 100.0 Å². The van der Waals surface area contributed by atoms with Gasteiger partial charge in [-0.15, -0.1) is 0 Å². The first kappa shape index (κ1) is 28.4. The number of anilines is 1. The van der Waals surface area contributed by atoms with Gasteiger partial charge < -0.3 is 4.90 Å². The molecule has 0 spiro atoms. The zero-order valence-electron chi connectivity index (χ0n) is 24.1. The van der Waals surface area contributed by atoms with Crippen LogP contribution in [0.15, 0.2) is 24.3 Å². The van der Waals surface area contributed by atoms with Crippen molar-refractivity contribution in [3.63, 3.8) is 0 Å². The van der Waals surface area contributed by atoms with Gasteiger partial charge in [-0.3, -0.25) is 19.3 Å². The highest BCUT2D eigenvalue weighted by molar-refractivity contribution is 6.22. The average Bonchev–Trinajstić information content (AvgIpc) is 3.31. The number of rotatable bonds is 9. The maximum absolute atomic E-state index is 14.1. The van der Waals surface area contributed by atoms with E-state index >= 15 is 0 Å². The normalized spacial score (nSPS) is 22.6. The van der Waals surface area contributed by atoms with Crippen LogP contribution in [0.4, 0.5) is 5.69 Å². The van der Waals surface area contributed by atoms with Crippen molar-refractivity contribution >= 4 is 23.4 Å². The SMILES string of the molecule is CCCCc1ccc(N2C(=O)C(C(C)(C)C)C(C(C)(C)CC(C)(C)C(C)N3CCCC3=O)C2=O)cc1. The van der Waals surface area contributed by atoms with Crippen molar-refractivity contribution in [2.24, 2.45) is 28.1 Å². The van der Waals surface area contributed by atoms with Crippen molar-refractivity contribution < 1.29 is 14.4 Å². The van der Waals surface area contributed by atoms with E-state index in [-0.39, 0.29) is 34.6 Å². The molecule has 0 bridgehead atoms. The van der Waals surface area contributed by atoms with Gasteiger partial charge in [0.05, 0.1) is 17.5 Å². The molecule has 0 radical (unpaired) electrons. The standard InChI is InChI=1S/C31H48N2O3/c1-10-11-13-22-15-17-23(18-16-22)33-27(35)25(29(3,4)5)26(28(33)36)31(8,9)20-30(6,7)21(2)32-19-12-14-24(32)34/h15-18,21,25-26H,10-14,19-20H2,1-9H3. The molecule has 5 heteroatoms. The van der Waals surface area contributed by atoms with Crippen LogP contribution in [0.25, 0.3) is 0 Å². The molecule has 1 aromatic carbocycles. The predicted octanol–water partition coefficient (Wildman–Crippen LogP) is 6.63. The predicted molar refractivity (Wildman–Crippen MR) is 147 cm³/mol. The minimum atomic E-state index is -0.430. The molecule has 2 aliphatic heterocycles. The van der Waals surface area contributed by atoms with E-state index < -0.39 is 17.3 Å². The first-order valence-corrected chi connectivity index (χ1v) is 13.9. The molecule has 0 aromatic heterocycles. The van der Waals surface area contributed by atoms with E-state index in [1.807, 2.05) is 29.2 Å². The number of carbonyl (C=O) groups excluding carboxylic acids is 3. The summed E-state index contributed by atoms with van der Waals surface area (Å²) < 4.78 is 0. The van der Waals surface area contributed by atoms with E-state index in [1.54, 1.807) is 0 Å². The molecular formula is C31H48N2O3. The van der Waals surface area contributed by atoms with Gasteiger partial charge in [0, 0.05) is 19.0 Å². The Morgan fingerprint density at radius 1 is 0.917 bits per heavy atom. The second kappa shape index (κ2) is 10.3. The van der Waals surface area contributed by atoms with Crippen molar-refractivity contribution in [1.82, 2.24) is 4.90 Å². The second-order valence-electron chi connectivity index (χ2n) is 13.6. The van der Waals surface area contributed by atoms with Gasteiger partial charge in [0.1, 0.15) is 0 Å². The van der Waals surface area contributed by atoms with E-state index in [0.29, 0.717) is 12.1 Å². The summed E-state index contributed by atoms with van der Waals surface area (Å²) >= 11 is 0. The molecule has 5 nitrogen and oxygen atoms in total. The van der Waals surface area contributed by atoms with Crippen molar-refractivity contribution in [2.45, 2.75) is 107 Å². The van der Waals surface area contributed by atoms with Crippen LogP contribution in [-0.2, 0) is 20.8 Å². The fourth-order valence-electron chi connectivity index (χ4n) is 6.71. The van der Waals surface area contributed by atoms with Crippen LogP contribution in [0.2, 0.25) is 0 Å². The molecule has 3 rings (SSSR count). The molecule has 0 saturated carbocycles. The Balaban J connectivity index is 1.92. The van der Waals surface area contributed by atoms with Gasteiger partial charge in [-0.25, -0.2) is 0 Å². The number of hydrogen-bond acceptors (Lipinski definition) is 3. The highest BCUT2D eigenvalue weighted by Crippen LogP contribution is 2.53. The van der Waals surface area contributed by atoms with Gasteiger partial charge in [0.15, 0.2) is 0 Å². The summed E-state index contributed by atoms with van der Waals surface area (Å²) in [6.07, 6.45) is 5.54. The summed E-state index contributed by atoms with van der Waals surface area (Å²) in [6, 6.07) is 8.03. The number of aryl methyl sites for hydroxylation is 1. The summed E-state index contributed by atoms with van der Waals surface area (Å²) in [5.74, 6) is -0.786. The fraction of sp³-hybridized carbons (Fsp3) is 0.710. The molecule has 2 heterocycles. The molecule has 3 amide bonds. The van der Waals surface area contributed by atoms with E-state index in [0.717, 1.165) is 38.6 Å². The second-order valence-corrected chi connectivity index (χ2v) is 13.6. The van der Waals surface area contributed by atoms with Crippen LogP contribution in [0.3, 0.4) is 0 Å². The van der Waals surface area contributed by atoms with Gasteiger partial charge in [-0.05, 0) is 66.5 Å². The largest absolute Gasteiger partial charge is 0.339 e. The highest BCUT2D eigenvalue weighted by Gasteiger charge is 2.59. The van der Waals surface area contributed by atoms with Crippen LogP contribution in [-0.4, -0.2) is 35.2 Å². The lowest BCUT2D eigenvalue weighted by Gasteiger charge is -2.46. The van der Waals surface area contributed by atoms with Gasteiger partial charge >= 0.3 is 0 Å². The molecular weight excluding hydrogens is 448 g/mol. The van der Waals surface area contributed by atoms with E-state index in [1.165, 1.54) is 10.5 Å². The molecule has 2 fully saturated rings. The Morgan fingerprint density at radius 2 is 1.50 bits per heavy atom. The third-order valence-electron chi connectivity index (χ3n) is 8.71. The smallest absolute Gasteiger partial charge is 0.238 e. The molecule has 2 saturated heterocycles. The van der Waals surface area contributed by atoms with Gasteiger partial charge in [-0.1, -0.05) is 73.9 Å². The van der Waals surface area contributed by atoms with Crippen LogP contribution in [0, 0.1) is 28.1 Å². The number of carbonyl (C=O) groups is 3. The Labute approximate surface area is 219 Å². The first-order chi connectivity index (χ1) is 16.6. The Kier molecular flexibility index (Phi) is 8.13. The molecule has 0 aliphatic carbocycles. The van der Waals surface area contributed by atoms with Crippen LogP contribution in [0.5, 0.6) is 0 Å². The van der Waals surface area contributed by atoms with Crippen molar-refractivity contribution in [3.05, 3.63) is 29.8 Å². The molecule has 36 heavy (non-hydrogen) atoms. The Morgan fingerprint density at radius 3 is 2.00 bits per heavy atom. The summed E-state index contributed by atoms with van der Waals surface area (Å²) in [5, 5.41) is 0. The Hall–Kier alpha value is -2.17. The summed E-state index contributed by atoms with van der Waals surface area (Å²) in [6.45, 7) is 20.0. The number of hydrogen-bond donors (Lipinski definition) is 0. The van der Waals surface area contributed by atoms with Gasteiger partial charge in [-0.2, -0.15) is 0 Å². The lowest BCUT2D eigenvalue weighted by Crippen LogP contribution is -2.48. The third-order valence-corrected chi connectivity index (χ3v) is 8.71. The van der Waals surface area contributed by atoms with Crippen LogP contribution >= 0.6 is 0 Å². The number of imide groups is 1. The third kappa shape index (κ3) is 5.55. The molecule has 1 aromatic rings. The van der Waals surface area contributed by atoms with Crippen molar-refractivity contribution in [1.29, 1.82) is 0 Å². The van der Waals surface area contributed by atoms with E-state index in [2.05, 4.69) is 62.3 Å². The first-order valence-electron chi connectivity index (χ1n) is 13.9. The van der Waals surface area contributed by atoms with Crippen molar-refractivity contribution in [3.8, 4) is 0 Å². The highest BCUT2D eigenvalue weighted by atomic mass is 16.2.